The lowest BCUT2D eigenvalue weighted by molar-refractivity contribution is 0.437. The number of hydrogen-bond donors (Lipinski definition) is 1. The van der Waals surface area contributed by atoms with Crippen LogP contribution in [0.1, 0.15) is 24.3 Å². The average Bonchev–Trinajstić information content (AvgIpc) is 2.73. The molecule has 0 aliphatic rings. The van der Waals surface area contributed by atoms with E-state index in [4.69, 9.17) is 4.42 Å². The van der Waals surface area contributed by atoms with Crippen LogP contribution in [0.15, 0.2) is 48.4 Å². The van der Waals surface area contributed by atoms with Crippen molar-refractivity contribution in [3.63, 3.8) is 0 Å². The third-order valence-electron chi connectivity index (χ3n) is 2.56. The zero-order chi connectivity index (χ0) is 13.1. The van der Waals surface area contributed by atoms with Gasteiger partial charge in [0.1, 0.15) is 5.76 Å². The van der Waals surface area contributed by atoms with Gasteiger partial charge in [0.25, 0.3) is 0 Å². The molecule has 1 atom stereocenters. The summed E-state index contributed by atoms with van der Waals surface area (Å²) in [4.78, 5) is 0. The summed E-state index contributed by atoms with van der Waals surface area (Å²) in [6.45, 7) is 2.95. The monoisotopic (exact) mass is 435 g/mol. The maximum atomic E-state index is 5.66. The molecular weight excluding hydrogens is 426 g/mol. The first kappa shape index (κ1) is 14.3. The van der Waals surface area contributed by atoms with E-state index in [2.05, 4.69) is 66.1 Å². The Morgan fingerprint density at radius 3 is 2.50 bits per heavy atom. The molecule has 1 heterocycles. The van der Waals surface area contributed by atoms with Gasteiger partial charge in [-0.05, 0) is 52.3 Å². The minimum absolute atomic E-state index is 0.0452. The molecule has 0 bridgehead atoms. The van der Waals surface area contributed by atoms with E-state index in [9.17, 15) is 0 Å². The third kappa shape index (κ3) is 3.26. The minimum atomic E-state index is 0.0452. The van der Waals surface area contributed by atoms with Gasteiger partial charge in [0.2, 0.25) is 0 Å². The van der Waals surface area contributed by atoms with Crippen molar-refractivity contribution < 1.29 is 4.42 Å². The van der Waals surface area contributed by atoms with Crippen LogP contribution in [0.5, 0.6) is 0 Å². The van der Waals surface area contributed by atoms with Crippen LogP contribution >= 0.6 is 47.8 Å². The molecule has 2 rings (SSSR count). The summed E-state index contributed by atoms with van der Waals surface area (Å²) in [5.74, 6) is 0.895. The van der Waals surface area contributed by atoms with E-state index in [0.717, 1.165) is 31.5 Å². The van der Waals surface area contributed by atoms with Crippen LogP contribution in [-0.4, -0.2) is 6.54 Å². The van der Waals surface area contributed by atoms with Gasteiger partial charge in [0.15, 0.2) is 4.67 Å². The lowest BCUT2D eigenvalue weighted by Crippen LogP contribution is -2.21. The van der Waals surface area contributed by atoms with Crippen LogP contribution in [0.3, 0.4) is 0 Å². The fourth-order valence-corrected chi connectivity index (χ4v) is 3.38. The zero-order valence-electron chi connectivity index (χ0n) is 9.71. The highest BCUT2D eigenvalue weighted by Gasteiger charge is 2.19. The second kappa shape index (κ2) is 6.37. The summed E-state index contributed by atoms with van der Waals surface area (Å²) >= 11 is 10.4. The van der Waals surface area contributed by atoms with Gasteiger partial charge in [-0.25, -0.2) is 0 Å². The first-order chi connectivity index (χ1) is 8.61. The van der Waals surface area contributed by atoms with Gasteiger partial charge >= 0.3 is 0 Å². The minimum Gasteiger partial charge on any atom is -0.452 e. The Morgan fingerprint density at radius 1 is 1.17 bits per heavy atom. The van der Waals surface area contributed by atoms with Crippen LogP contribution in [0.2, 0.25) is 0 Å². The Bertz CT molecular complexity index is 539. The van der Waals surface area contributed by atoms with Gasteiger partial charge in [-0.2, -0.15) is 0 Å². The highest BCUT2D eigenvalue weighted by Crippen LogP contribution is 2.32. The number of halogens is 3. The van der Waals surface area contributed by atoms with Crippen LogP contribution in [0, 0.1) is 0 Å². The molecule has 2 nitrogen and oxygen atoms in total. The van der Waals surface area contributed by atoms with E-state index in [0.29, 0.717) is 0 Å². The maximum absolute atomic E-state index is 5.66. The molecule has 0 radical (unpaired) electrons. The number of nitrogens with one attached hydrogen (secondary N) is 1. The Morgan fingerprint density at radius 2 is 1.94 bits per heavy atom. The van der Waals surface area contributed by atoms with Gasteiger partial charge < -0.3 is 9.73 Å². The molecule has 0 saturated carbocycles. The predicted molar refractivity (Wildman–Crippen MR) is 83.8 cm³/mol. The third-order valence-corrected chi connectivity index (χ3v) is 4.17. The first-order valence-corrected chi connectivity index (χ1v) is 7.93. The van der Waals surface area contributed by atoms with Crippen molar-refractivity contribution in [1.29, 1.82) is 0 Å². The molecule has 1 unspecified atom stereocenters. The van der Waals surface area contributed by atoms with Gasteiger partial charge in [-0.3, -0.25) is 0 Å². The van der Waals surface area contributed by atoms with Crippen molar-refractivity contribution in [3.8, 4) is 0 Å². The van der Waals surface area contributed by atoms with Crippen LogP contribution in [-0.2, 0) is 0 Å². The van der Waals surface area contributed by atoms with Crippen molar-refractivity contribution >= 4 is 47.8 Å². The van der Waals surface area contributed by atoms with Gasteiger partial charge in [-0.1, -0.05) is 44.8 Å². The van der Waals surface area contributed by atoms with Gasteiger partial charge in [-0.15, -0.1) is 0 Å². The average molecular weight is 438 g/mol. The van der Waals surface area contributed by atoms with Crippen molar-refractivity contribution in [3.05, 3.63) is 55.3 Å². The molecule has 0 aliphatic carbocycles. The van der Waals surface area contributed by atoms with Crippen LogP contribution in [0.4, 0.5) is 0 Å². The predicted octanol–water partition coefficient (Wildman–Crippen LogP) is 5.27. The van der Waals surface area contributed by atoms with Gasteiger partial charge in [0, 0.05) is 8.95 Å². The lowest BCUT2D eigenvalue weighted by Gasteiger charge is -2.17. The fraction of sp³-hybridized carbons (Fsp3) is 0.231. The Hall–Kier alpha value is -0.100. The summed E-state index contributed by atoms with van der Waals surface area (Å²) in [5, 5.41) is 3.43. The Kier molecular flexibility index (Phi) is 5.06. The summed E-state index contributed by atoms with van der Waals surface area (Å²) in [6.07, 6.45) is 0. The molecule has 5 heteroatoms. The van der Waals surface area contributed by atoms with Crippen molar-refractivity contribution in [2.24, 2.45) is 0 Å². The molecule has 96 valence electrons. The zero-order valence-corrected chi connectivity index (χ0v) is 14.5. The summed E-state index contributed by atoms with van der Waals surface area (Å²) in [5.41, 5.74) is 1.15. The largest absolute Gasteiger partial charge is 0.452 e. The highest BCUT2D eigenvalue weighted by molar-refractivity contribution is 9.11. The van der Waals surface area contributed by atoms with E-state index < -0.39 is 0 Å². The molecule has 0 amide bonds. The molecular formula is C13H12Br3NO. The highest BCUT2D eigenvalue weighted by atomic mass is 79.9. The van der Waals surface area contributed by atoms with E-state index in [1.54, 1.807) is 0 Å². The molecule has 1 aromatic heterocycles. The summed E-state index contributed by atoms with van der Waals surface area (Å²) in [6, 6.07) is 10.1. The van der Waals surface area contributed by atoms with E-state index in [-0.39, 0.29) is 6.04 Å². The standard InChI is InChI=1S/C13H12Br3NO/c1-2-17-13(11-5-6-12(16)18-11)9-4-3-8(14)7-10(9)15/h3-7,13,17H,2H2,1H3. The van der Waals surface area contributed by atoms with Gasteiger partial charge in [0.05, 0.1) is 6.04 Å². The Labute approximate surface area is 132 Å². The van der Waals surface area contributed by atoms with Crippen LogP contribution < -0.4 is 5.32 Å². The van der Waals surface area contributed by atoms with Crippen molar-refractivity contribution in [2.45, 2.75) is 13.0 Å². The van der Waals surface area contributed by atoms with Crippen LogP contribution in [0.25, 0.3) is 0 Å². The lowest BCUT2D eigenvalue weighted by atomic mass is 10.0. The topological polar surface area (TPSA) is 25.2 Å². The molecule has 0 aliphatic heterocycles. The van der Waals surface area contributed by atoms with E-state index >= 15 is 0 Å². The second-order valence-corrected chi connectivity index (χ2v) is 6.35. The number of furan rings is 1. The second-order valence-electron chi connectivity index (χ2n) is 3.80. The molecule has 18 heavy (non-hydrogen) atoms. The van der Waals surface area contributed by atoms with Crippen molar-refractivity contribution in [1.82, 2.24) is 5.32 Å². The molecule has 0 saturated heterocycles. The summed E-state index contributed by atoms with van der Waals surface area (Å²) in [7, 11) is 0. The number of benzene rings is 1. The molecule has 1 N–H and O–H groups in total. The van der Waals surface area contributed by atoms with E-state index in [1.807, 2.05) is 24.3 Å². The number of hydrogen-bond acceptors (Lipinski definition) is 2. The first-order valence-electron chi connectivity index (χ1n) is 5.55. The maximum Gasteiger partial charge on any atom is 0.169 e. The molecule has 0 spiro atoms. The Balaban J connectivity index is 2.41. The molecule has 0 fully saturated rings. The SMILES string of the molecule is CCNC(c1ccc(Br)o1)c1ccc(Br)cc1Br. The summed E-state index contributed by atoms with van der Waals surface area (Å²) < 4.78 is 8.50. The van der Waals surface area contributed by atoms with E-state index in [1.165, 1.54) is 0 Å². The quantitative estimate of drug-likeness (QED) is 0.705. The van der Waals surface area contributed by atoms with Crippen molar-refractivity contribution in [2.75, 3.05) is 6.54 Å². The number of rotatable bonds is 4. The smallest absolute Gasteiger partial charge is 0.169 e. The molecule has 1 aromatic carbocycles. The molecule has 2 aromatic rings. The normalized spacial score (nSPS) is 12.7. The fourth-order valence-electron chi connectivity index (χ4n) is 1.79.